The van der Waals surface area contributed by atoms with Gasteiger partial charge in [-0.25, -0.2) is 13.6 Å². The molecule has 0 bridgehead atoms. The number of primary amides is 1. The summed E-state index contributed by atoms with van der Waals surface area (Å²) >= 11 is 0. The maximum Gasteiger partial charge on any atom is 0.316 e. The van der Waals surface area contributed by atoms with Crippen LogP contribution in [-0.4, -0.2) is 6.03 Å². The van der Waals surface area contributed by atoms with E-state index in [9.17, 15) is 13.6 Å². The quantitative estimate of drug-likeness (QED) is 0.707. The highest BCUT2D eigenvalue weighted by Gasteiger charge is 2.09. The third-order valence-corrected chi connectivity index (χ3v) is 3.36. The first-order chi connectivity index (χ1) is 10.5. The zero-order chi connectivity index (χ0) is 16.1. The molecule has 0 fully saturated rings. The number of carbonyl (C=O) groups is 1. The van der Waals surface area contributed by atoms with Gasteiger partial charge >= 0.3 is 6.03 Å². The molecule has 2 aromatic rings. The van der Waals surface area contributed by atoms with Gasteiger partial charge in [0.05, 0.1) is 11.4 Å². The summed E-state index contributed by atoms with van der Waals surface area (Å²) in [6, 6.07) is 9.29. The zero-order valence-corrected chi connectivity index (χ0v) is 11.9. The van der Waals surface area contributed by atoms with Crippen molar-refractivity contribution in [3.8, 4) is 0 Å². The van der Waals surface area contributed by atoms with E-state index in [1.807, 2.05) is 5.32 Å². The highest BCUT2D eigenvalue weighted by Crippen LogP contribution is 2.23. The third kappa shape index (κ3) is 3.94. The predicted octanol–water partition coefficient (Wildman–Crippen LogP) is 3.21. The fraction of sp³-hybridized carbons (Fsp3) is 0.188. The first-order valence-electron chi connectivity index (χ1n) is 6.85. The van der Waals surface area contributed by atoms with Gasteiger partial charge in [-0.1, -0.05) is 24.3 Å². The minimum atomic E-state index is -0.941. The number of hydrogen-bond donors (Lipinski definition) is 3. The van der Waals surface area contributed by atoms with Crippen LogP contribution >= 0.6 is 0 Å². The maximum atomic E-state index is 12.7. The molecule has 22 heavy (non-hydrogen) atoms. The van der Waals surface area contributed by atoms with E-state index in [4.69, 9.17) is 11.5 Å². The molecule has 6 heteroatoms. The summed E-state index contributed by atoms with van der Waals surface area (Å²) in [4.78, 5) is 10.4. The number of hydrogen-bond acceptors (Lipinski definition) is 2. The third-order valence-electron chi connectivity index (χ3n) is 3.36. The number of fused-ring (bicyclic) bond motifs is 1. The fourth-order valence-electron chi connectivity index (χ4n) is 2.34. The number of carbonyl (C=O) groups excluding carboxylic acids is 1. The first kappa shape index (κ1) is 15.8. The Balaban J connectivity index is 0.000000170. The highest BCUT2D eigenvalue weighted by atomic mass is 19.1. The SMILES string of the molecule is NC(=O)Nc1cc(F)cc(F)c1N.c1ccc2c(c1)CCC2. The average molecular weight is 305 g/mol. The van der Waals surface area contributed by atoms with E-state index in [0.717, 1.165) is 6.07 Å². The number of nitrogens with one attached hydrogen (secondary N) is 1. The van der Waals surface area contributed by atoms with Crippen LogP contribution in [0.15, 0.2) is 36.4 Å². The van der Waals surface area contributed by atoms with E-state index < -0.39 is 17.7 Å². The molecule has 0 aliphatic heterocycles. The van der Waals surface area contributed by atoms with Gasteiger partial charge in [-0.2, -0.15) is 0 Å². The van der Waals surface area contributed by atoms with Crippen molar-refractivity contribution in [3.63, 3.8) is 0 Å². The van der Waals surface area contributed by atoms with Crippen molar-refractivity contribution in [1.29, 1.82) is 0 Å². The van der Waals surface area contributed by atoms with Crippen LogP contribution < -0.4 is 16.8 Å². The smallest absolute Gasteiger partial charge is 0.316 e. The fourth-order valence-corrected chi connectivity index (χ4v) is 2.34. The first-order valence-corrected chi connectivity index (χ1v) is 6.85. The monoisotopic (exact) mass is 305 g/mol. The second-order valence-electron chi connectivity index (χ2n) is 4.96. The van der Waals surface area contributed by atoms with Gasteiger partial charge in [0.15, 0.2) is 5.82 Å². The highest BCUT2D eigenvalue weighted by molar-refractivity contribution is 5.91. The normalized spacial score (nSPS) is 12.1. The number of halogens is 2. The number of benzene rings is 2. The van der Waals surface area contributed by atoms with E-state index in [1.165, 1.54) is 19.3 Å². The molecular formula is C16H17F2N3O. The molecule has 0 atom stereocenters. The molecule has 0 radical (unpaired) electrons. The van der Waals surface area contributed by atoms with Crippen molar-refractivity contribution in [3.05, 3.63) is 59.2 Å². The Morgan fingerprint density at radius 3 is 2.23 bits per heavy atom. The maximum absolute atomic E-state index is 12.7. The van der Waals surface area contributed by atoms with Crippen LogP contribution in [0, 0.1) is 11.6 Å². The van der Waals surface area contributed by atoms with Crippen molar-refractivity contribution >= 4 is 17.4 Å². The summed E-state index contributed by atoms with van der Waals surface area (Å²) in [6.07, 6.45) is 3.96. The molecule has 2 aromatic carbocycles. The van der Waals surface area contributed by atoms with Crippen molar-refractivity contribution in [2.45, 2.75) is 19.3 Å². The van der Waals surface area contributed by atoms with Gasteiger partial charge in [-0.15, -0.1) is 0 Å². The Morgan fingerprint density at radius 2 is 1.68 bits per heavy atom. The lowest BCUT2D eigenvalue weighted by Gasteiger charge is -2.06. The summed E-state index contributed by atoms with van der Waals surface area (Å²) < 4.78 is 25.3. The number of anilines is 2. The van der Waals surface area contributed by atoms with E-state index in [1.54, 1.807) is 11.1 Å². The van der Waals surface area contributed by atoms with Crippen molar-refractivity contribution < 1.29 is 13.6 Å². The minimum Gasteiger partial charge on any atom is -0.395 e. The molecule has 1 aliphatic rings. The van der Waals surface area contributed by atoms with E-state index in [0.29, 0.717) is 6.07 Å². The van der Waals surface area contributed by atoms with Gasteiger partial charge < -0.3 is 16.8 Å². The van der Waals surface area contributed by atoms with Gasteiger partial charge in [0.25, 0.3) is 0 Å². The number of amides is 2. The lowest BCUT2D eigenvalue weighted by Crippen LogP contribution is -2.20. The summed E-state index contributed by atoms with van der Waals surface area (Å²) in [6.45, 7) is 0. The van der Waals surface area contributed by atoms with Crippen molar-refractivity contribution in [2.24, 2.45) is 5.73 Å². The largest absolute Gasteiger partial charge is 0.395 e. The molecule has 2 amide bonds. The summed E-state index contributed by atoms with van der Waals surface area (Å²) in [7, 11) is 0. The molecule has 0 heterocycles. The van der Waals surface area contributed by atoms with E-state index in [2.05, 4.69) is 24.3 Å². The molecule has 0 saturated heterocycles. The van der Waals surface area contributed by atoms with Crippen LogP contribution in [0.3, 0.4) is 0 Å². The molecule has 116 valence electrons. The second-order valence-corrected chi connectivity index (χ2v) is 4.96. The molecule has 5 N–H and O–H groups in total. The molecule has 0 spiro atoms. The van der Waals surface area contributed by atoms with Crippen molar-refractivity contribution in [2.75, 3.05) is 11.1 Å². The summed E-state index contributed by atoms with van der Waals surface area (Å²) in [5.41, 5.74) is 12.5. The van der Waals surface area contributed by atoms with Gasteiger partial charge in [0.2, 0.25) is 0 Å². The minimum absolute atomic E-state index is 0.176. The Bertz CT molecular complexity index is 666. The van der Waals surface area contributed by atoms with Crippen LogP contribution in [0.25, 0.3) is 0 Å². The lowest BCUT2D eigenvalue weighted by molar-refractivity contribution is 0.259. The molecule has 0 aromatic heterocycles. The van der Waals surface area contributed by atoms with E-state index >= 15 is 0 Å². The lowest BCUT2D eigenvalue weighted by atomic mass is 10.1. The molecule has 1 aliphatic carbocycles. The Labute approximate surface area is 127 Å². The van der Waals surface area contributed by atoms with Gasteiger partial charge in [-0.3, -0.25) is 0 Å². The molecule has 0 saturated carbocycles. The number of aryl methyl sites for hydroxylation is 2. The van der Waals surface area contributed by atoms with Gasteiger partial charge in [0.1, 0.15) is 5.82 Å². The molecule has 3 rings (SSSR count). The van der Waals surface area contributed by atoms with Gasteiger partial charge in [0, 0.05) is 6.07 Å². The second kappa shape index (κ2) is 6.89. The van der Waals surface area contributed by atoms with Crippen LogP contribution in [0.1, 0.15) is 17.5 Å². The standard InChI is InChI=1S/C9H10.C7H7F2N3O/c1-2-5-9-7-3-6-8(9)4-1;8-3-1-4(9)6(10)5(2-3)12-7(11)13/h1-2,4-5H,3,6-7H2;1-2H,10H2,(H3,11,12,13). The van der Waals surface area contributed by atoms with Crippen LogP contribution in [0.4, 0.5) is 25.0 Å². The van der Waals surface area contributed by atoms with Crippen LogP contribution in [0.2, 0.25) is 0 Å². The number of nitrogens with two attached hydrogens (primary N) is 2. The summed E-state index contributed by atoms with van der Waals surface area (Å²) in [5.74, 6) is -1.78. The molecule has 4 nitrogen and oxygen atoms in total. The topological polar surface area (TPSA) is 81.1 Å². The van der Waals surface area contributed by atoms with Crippen LogP contribution in [-0.2, 0) is 12.8 Å². The number of urea groups is 1. The Hall–Kier alpha value is -2.63. The van der Waals surface area contributed by atoms with E-state index in [-0.39, 0.29) is 11.4 Å². The number of rotatable bonds is 1. The Kier molecular flexibility index (Phi) is 4.93. The average Bonchev–Trinajstić information content (AvgIpc) is 2.93. The Morgan fingerprint density at radius 1 is 1.09 bits per heavy atom. The number of nitrogen functional groups attached to an aromatic ring is 1. The van der Waals surface area contributed by atoms with Crippen molar-refractivity contribution in [1.82, 2.24) is 0 Å². The molecule has 0 unspecified atom stereocenters. The molecular weight excluding hydrogens is 288 g/mol. The predicted molar refractivity (Wildman–Crippen MR) is 82.4 cm³/mol. The van der Waals surface area contributed by atoms with Crippen LogP contribution in [0.5, 0.6) is 0 Å². The summed E-state index contributed by atoms with van der Waals surface area (Å²) in [5, 5.41) is 1.99. The zero-order valence-electron chi connectivity index (χ0n) is 11.9. The van der Waals surface area contributed by atoms with Gasteiger partial charge in [-0.05, 0) is 36.5 Å².